The number of anilines is 1. The average Bonchev–Trinajstić information content (AvgIpc) is 3.31. The molecule has 3 heterocycles. The summed E-state index contributed by atoms with van der Waals surface area (Å²) in [5.74, 6) is 0.218. The SMILES string of the molecule is CCCCN1C(=O)C[C@H](C(=O)Nc2nc3c(s2)CN(C)CC3)[C@@H]1c1ccc(OC)cc1. The Morgan fingerprint density at radius 1 is 1.32 bits per heavy atom. The van der Waals surface area contributed by atoms with Crippen molar-refractivity contribution in [2.24, 2.45) is 5.92 Å². The molecule has 0 bridgehead atoms. The fraction of sp³-hybridized carbons (Fsp3) is 0.522. The maximum atomic E-state index is 13.3. The molecule has 2 aliphatic rings. The fourth-order valence-corrected chi connectivity index (χ4v) is 5.50. The number of hydrogen-bond donors (Lipinski definition) is 1. The van der Waals surface area contributed by atoms with E-state index in [4.69, 9.17) is 4.74 Å². The lowest BCUT2D eigenvalue weighted by atomic mass is 9.92. The largest absolute Gasteiger partial charge is 0.497 e. The number of likely N-dealkylation sites (N-methyl/N-ethyl adjacent to an activating group) is 1. The minimum absolute atomic E-state index is 0.0366. The smallest absolute Gasteiger partial charge is 0.232 e. The number of carbonyl (C=O) groups is 2. The van der Waals surface area contributed by atoms with Gasteiger partial charge in [0.2, 0.25) is 11.8 Å². The first-order valence-electron chi connectivity index (χ1n) is 10.9. The van der Waals surface area contributed by atoms with Gasteiger partial charge in [0.05, 0.1) is 24.8 Å². The Labute approximate surface area is 187 Å². The number of amides is 2. The van der Waals surface area contributed by atoms with Gasteiger partial charge in [-0.2, -0.15) is 0 Å². The number of nitrogens with zero attached hydrogens (tertiary/aromatic N) is 3. The minimum Gasteiger partial charge on any atom is -0.497 e. The number of unbranched alkanes of at least 4 members (excludes halogenated alkanes) is 1. The van der Waals surface area contributed by atoms with Gasteiger partial charge in [0.25, 0.3) is 0 Å². The van der Waals surface area contributed by atoms with Crippen LogP contribution in [0.15, 0.2) is 24.3 Å². The van der Waals surface area contributed by atoms with E-state index in [-0.39, 0.29) is 24.3 Å². The third kappa shape index (κ3) is 4.60. The Kier molecular flexibility index (Phi) is 6.57. The van der Waals surface area contributed by atoms with Gasteiger partial charge < -0.3 is 19.9 Å². The number of aromatic nitrogens is 1. The first kappa shape index (κ1) is 21.8. The summed E-state index contributed by atoms with van der Waals surface area (Å²) in [5, 5.41) is 3.66. The van der Waals surface area contributed by atoms with E-state index in [0.717, 1.165) is 49.4 Å². The molecule has 1 aromatic heterocycles. The molecule has 0 unspecified atom stereocenters. The monoisotopic (exact) mass is 442 g/mol. The molecule has 0 saturated carbocycles. The van der Waals surface area contributed by atoms with Crippen LogP contribution in [0.5, 0.6) is 5.75 Å². The molecular formula is C23H30N4O3S. The van der Waals surface area contributed by atoms with Gasteiger partial charge in [0.15, 0.2) is 5.13 Å². The standard InChI is InChI=1S/C23H30N4O3S/c1-4-5-11-27-20(28)13-17(21(27)15-6-8-16(30-3)9-7-15)22(29)25-23-24-18-10-12-26(2)14-19(18)31-23/h6-9,17,21H,4-5,10-14H2,1-3H3,(H,24,25,29)/t17-,21-/m0/s1. The molecule has 2 amide bonds. The van der Waals surface area contributed by atoms with Gasteiger partial charge in [-0.3, -0.25) is 9.59 Å². The number of thiazole rings is 1. The van der Waals surface area contributed by atoms with Gasteiger partial charge in [-0.15, -0.1) is 11.3 Å². The summed E-state index contributed by atoms with van der Waals surface area (Å²) in [6.45, 7) is 4.61. The number of nitrogens with one attached hydrogen (secondary N) is 1. The highest BCUT2D eigenvalue weighted by atomic mass is 32.1. The number of fused-ring (bicyclic) bond motifs is 1. The highest BCUT2D eigenvalue weighted by Crippen LogP contribution is 2.40. The van der Waals surface area contributed by atoms with Gasteiger partial charge in [-0.25, -0.2) is 4.98 Å². The molecule has 1 fully saturated rings. The number of methoxy groups -OCH3 is 1. The van der Waals surface area contributed by atoms with Gasteiger partial charge in [0.1, 0.15) is 5.75 Å². The average molecular weight is 443 g/mol. The van der Waals surface area contributed by atoms with Gasteiger partial charge in [-0.1, -0.05) is 25.5 Å². The predicted molar refractivity (Wildman–Crippen MR) is 121 cm³/mol. The summed E-state index contributed by atoms with van der Waals surface area (Å²) in [6.07, 6.45) is 3.04. The molecule has 31 heavy (non-hydrogen) atoms. The maximum absolute atomic E-state index is 13.3. The summed E-state index contributed by atoms with van der Waals surface area (Å²) in [7, 11) is 3.72. The van der Waals surface area contributed by atoms with Crippen LogP contribution < -0.4 is 10.1 Å². The van der Waals surface area contributed by atoms with Crippen molar-refractivity contribution >= 4 is 28.3 Å². The van der Waals surface area contributed by atoms with E-state index >= 15 is 0 Å². The van der Waals surface area contributed by atoms with E-state index in [1.165, 1.54) is 4.88 Å². The molecule has 2 aromatic rings. The van der Waals surface area contributed by atoms with Crippen LogP contribution >= 0.6 is 11.3 Å². The van der Waals surface area contributed by atoms with Crippen LogP contribution in [-0.2, 0) is 22.6 Å². The number of likely N-dealkylation sites (tertiary alicyclic amines) is 1. The van der Waals surface area contributed by atoms with Crippen molar-refractivity contribution < 1.29 is 14.3 Å². The second kappa shape index (κ2) is 9.36. The first-order valence-corrected chi connectivity index (χ1v) is 11.7. The number of rotatable bonds is 7. The van der Waals surface area contributed by atoms with Crippen molar-refractivity contribution in [1.82, 2.24) is 14.8 Å². The normalized spacial score (nSPS) is 21.3. The van der Waals surface area contributed by atoms with Crippen molar-refractivity contribution in [2.75, 3.05) is 32.6 Å². The van der Waals surface area contributed by atoms with Crippen LogP contribution in [0.2, 0.25) is 0 Å². The highest BCUT2D eigenvalue weighted by Gasteiger charge is 2.44. The Morgan fingerprint density at radius 3 is 2.81 bits per heavy atom. The van der Waals surface area contributed by atoms with E-state index in [1.807, 2.05) is 29.2 Å². The lowest BCUT2D eigenvalue weighted by Gasteiger charge is -2.28. The van der Waals surface area contributed by atoms with Gasteiger partial charge in [-0.05, 0) is 31.2 Å². The molecule has 166 valence electrons. The Bertz CT molecular complexity index is 943. The molecule has 0 aliphatic carbocycles. The summed E-state index contributed by atoms with van der Waals surface area (Å²) < 4.78 is 5.28. The van der Waals surface area contributed by atoms with Gasteiger partial charge >= 0.3 is 0 Å². The van der Waals surface area contributed by atoms with E-state index in [9.17, 15) is 9.59 Å². The molecular weight excluding hydrogens is 412 g/mol. The Hall–Kier alpha value is -2.45. The minimum atomic E-state index is -0.443. The van der Waals surface area contributed by atoms with E-state index in [1.54, 1.807) is 18.4 Å². The van der Waals surface area contributed by atoms with Crippen molar-refractivity contribution in [3.05, 3.63) is 40.4 Å². The lowest BCUT2D eigenvalue weighted by Crippen LogP contribution is -2.33. The zero-order valence-corrected chi connectivity index (χ0v) is 19.2. The number of benzene rings is 1. The zero-order chi connectivity index (χ0) is 22.0. The van der Waals surface area contributed by atoms with Crippen LogP contribution in [0, 0.1) is 5.92 Å². The molecule has 4 rings (SSSR count). The molecule has 2 atom stereocenters. The summed E-state index contributed by atoms with van der Waals surface area (Å²) >= 11 is 1.54. The van der Waals surface area contributed by atoms with Crippen LogP contribution in [0.25, 0.3) is 0 Å². The third-order valence-electron chi connectivity index (χ3n) is 6.13. The third-order valence-corrected chi connectivity index (χ3v) is 7.13. The molecule has 2 aliphatic heterocycles. The van der Waals surface area contributed by atoms with Crippen molar-refractivity contribution in [1.29, 1.82) is 0 Å². The highest BCUT2D eigenvalue weighted by molar-refractivity contribution is 7.15. The molecule has 0 radical (unpaired) electrons. The molecule has 1 aromatic carbocycles. The van der Waals surface area contributed by atoms with E-state index in [0.29, 0.717) is 11.7 Å². The maximum Gasteiger partial charge on any atom is 0.232 e. The topological polar surface area (TPSA) is 74.8 Å². The summed E-state index contributed by atoms with van der Waals surface area (Å²) in [4.78, 5) is 36.1. The summed E-state index contributed by atoms with van der Waals surface area (Å²) in [6, 6.07) is 7.41. The number of hydrogen-bond acceptors (Lipinski definition) is 6. The Morgan fingerprint density at radius 2 is 2.10 bits per heavy atom. The van der Waals surface area contributed by atoms with Crippen molar-refractivity contribution in [2.45, 2.75) is 45.2 Å². The van der Waals surface area contributed by atoms with Crippen LogP contribution in [0.3, 0.4) is 0 Å². The number of carbonyl (C=O) groups excluding carboxylic acids is 2. The zero-order valence-electron chi connectivity index (χ0n) is 18.4. The van der Waals surface area contributed by atoms with E-state index in [2.05, 4.69) is 29.2 Å². The van der Waals surface area contributed by atoms with E-state index < -0.39 is 5.92 Å². The number of ether oxygens (including phenoxy) is 1. The van der Waals surface area contributed by atoms with Crippen LogP contribution in [0.4, 0.5) is 5.13 Å². The summed E-state index contributed by atoms with van der Waals surface area (Å²) in [5.41, 5.74) is 2.04. The Balaban J connectivity index is 1.56. The molecule has 1 N–H and O–H groups in total. The lowest BCUT2D eigenvalue weighted by molar-refractivity contribution is -0.129. The second-order valence-electron chi connectivity index (χ2n) is 8.34. The van der Waals surface area contributed by atoms with Crippen LogP contribution in [0.1, 0.15) is 48.4 Å². The second-order valence-corrected chi connectivity index (χ2v) is 9.42. The molecule has 8 heteroatoms. The quantitative estimate of drug-likeness (QED) is 0.711. The first-order chi connectivity index (χ1) is 15.0. The van der Waals surface area contributed by atoms with Crippen LogP contribution in [-0.4, -0.2) is 53.8 Å². The molecule has 7 nitrogen and oxygen atoms in total. The predicted octanol–water partition coefficient (Wildman–Crippen LogP) is 3.47. The molecule has 0 spiro atoms. The van der Waals surface area contributed by atoms with Crippen molar-refractivity contribution in [3.63, 3.8) is 0 Å². The molecule has 1 saturated heterocycles. The fourth-order valence-electron chi connectivity index (χ4n) is 4.41. The van der Waals surface area contributed by atoms with Gasteiger partial charge in [0, 0.05) is 37.4 Å². The van der Waals surface area contributed by atoms with Crippen molar-refractivity contribution in [3.8, 4) is 5.75 Å².